The predicted molar refractivity (Wildman–Crippen MR) is 135 cm³/mol. The number of carbonyl (C=O) groups excluding carboxylic acids is 3. The summed E-state index contributed by atoms with van der Waals surface area (Å²) in [4.78, 5) is 39.2. The summed E-state index contributed by atoms with van der Waals surface area (Å²) in [7, 11) is -3.37. The Bertz CT molecular complexity index is 1200. The summed E-state index contributed by atoms with van der Waals surface area (Å²) in [5.41, 5.74) is 2.38. The van der Waals surface area contributed by atoms with Crippen LogP contribution in [-0.4, -0.2) is 64.1 Å². The maximum atomic E-state index is 13.0. The highest BCUT2D eigenvalue weighted by Crippen LogP contribution is 2.25. The van der Waals surface area contributed by atoms with Crippen LogP contribution >= 0.6 is 11.6 Å². The Hall–Kier alpha value is -3.15. The average molecular weight is 523 g/mol. The van der Waals surface area contributed by atoms with Crippen LogP contribution in [0.3, 0.4) is 0 Å². The Labute approximate surface area is 208 Å². The summed E-state index contributed by atoms with van der Waals surface area (Å²) in [5.74, 6) is -1.01. The van der Waals surface area contributed by atoms with Crippen molar-refractivity contribution in [1.29, 1.82) is 0 Å². The number of hydrogen-bond acceptors (Lipinski definition) is 6. The molecule has 0 bridgehead atoms. The number of benzene rings is 2. The maximum Gasteiger partial charge on any atom is 0.319 e. The molecular formula is C23H27ClN4O6S. The predicted octanol–water partition coefficient (Wildman–Crippen LogP) is 2.58. The molecule has 3 N–H and O–H groups in total. The van der Waals surface area contributed by atoms with Gasteiger partial charge < -0.3 is 25.6 Å². The van der Waals surface area contributed by atoms with E-state index in [9.17, 15) is 22.8 Å². The Morgan fingerprint density at radius 3 is 2.43 bits per heavy atom. The number of halogens is 1. The number of anilines is 3. The molecule has 1 atom stereocenters. The van der Waals surface area contributed by atoms with Gasteiger partial charge in [0.2, 0.25) is 5.91 Å². The van der Waals surface area contributed by atoms with E-state index < -0.39 is 27.8 Å². The Morgan fingerprint density at radius 1 is 1.11 bits per heavy atom. The first-order valence-electron chi connectivity index (χ1n) is 10.8. The van der Waals surface area contributed by atoms with Crippen molar-refractivity contribution >= 4 is 56.3 Å². The molecule has 3 rings (SSSR count). The van der Waals surface area contributed by atoms with Crippen molar-refractivity contribution in [1.82, 2.24) is 5.32 Å². The molecule has 2 aromatic rings. The minimum Gasteiger partial charge on any atom is -0.370 e. The molecule has 0 aliphatic carbocycles. The number of nitrogens with zero attached hydrogens (tertiary/aromatic N) is 1. The van der Waals surface area contributed by atoms with E-state index in [2.05, 4.69) is 16.0 Å². The second-order valence-corrected chi connectivity index (χ2v) is 10.9. The van der Waals surface area contributed by atoms with E-state index in [4.69, 9.17) is 16.3 Å². The summed E-state index contributed by atoms with van der Waals surface area (Å²) in [6, 6.07) is 9.68. The van der Waals surface area contributed by atoms with Crippen LogP contribution in [0, 0.1) is 6.92 Å². The van der Waals surface area contributed by atoms with Gasteiger partial charge in [-0.2, -0.15) is 0 Å². The monoisotopic (exact) mass is 522 g/mol. The van der Waals surface area contributed by atoms with Gasteiger partial charge in [0.05, 0.1) is 12.4 Å². The summed E-state index contributed by atoms with van der Waals surface area (Å²) < 4.78 is 28.5. The molecule has 0 radical (unpaired) electrons. The molecule has 1 heterocycles. The fourth-order valence-electron chi connectivity index (χ4n) is 3.50. The van der Waals surface area contributed by atoms with Crippen LogP contribution in [0.5, 0.6) is 0 Å². The van der Waals surface area contributed by atoms with Gasteiger partial charge in [-0.25, -0.2) is 13.2 Å². The van der Waals surface area contributed by atoms with Crippen molar-refractivity contribution in [2.24, 2.45) is 0 Å². The Morgan fingerprint density at radius 2 is 1.80 bits per heavy atom. The van der Waals surface area contributed by atoms with E-state index in [0.29, 0.717) is 35.2 Å². The summed E-state index contributed by atoms with van der Waals surface area (Å²) in [6.45, 7) is 2.71. The maximum absolute atomic E-state index is 13.0. The first-order valence-corrected chi connectivity index (χ1v) is 13.3. The first kappa shape index (κ1) is 26.5. The molecule has 1 aliphatic rings. The summed E-state index contributed by atoms with van der Waals surface area (Å²) in [6.07, 6.45) is 0.947. The normalized spacial score (nSPS) is 14.8. The van der Waals surface area contributed by atoms with Crippen LogP contribution in [0.25, 0.3) is 0 Å². The molecule has 10 nitrogen and oxygen atoms in total. The highest BCUT2D eigenvalue weighted by Gasteiger charge is 2.24. The first-order chi connectivity index (χ1) is 16.5. The van der Waals surface area contributed by atoms with Crippen molar-refractivity contribution in [2.75, 3.05) is 47.3 Å². The molecule has 1 aliphatic heterocycles. The van der Waals surface area contributed by atoms with Gasteiger partial charge in [0.25, 0.3) is 5.91 Å². The molecule has 12 heteroatoms. The Balaban J connectivity index is 1.70. The topological polar surface area (TPSA) is 134 Å². The smallest absolute Gasteiger partial charge is 0.319 e. The minimum absolute atomic E-state index is 0.0176. The van der Waals surface area contributed by atoms with E-state index in [1.165, 1.54) is 0 Å². The van der Waals surface area contributed by atoms with E-state index in [0.717, 1.165) is 11.8 Å². The molecule has 0 aromatic heterocycles. The van der Waals surface area contributed by atoms with Crippen LogP contribution in [0.15, 0.2) is 42.5 Å². The van der Waals surface area contributed by atoms with Gasteiger partial charge in [0.1, 0.15) is 22.5 Å². The van der Waals surface area contributed by atoms with Gasteiger partial charge in [0.15, 0.2) is 0 Å². The molecule has 1 unspecified atom stereocenters. The number of nitrogens with one attached hydrogen (secondary N) is 3. The third-order valence-corrected chi connectivity index (χ3v) is 6.47. The van der Waals surface area contributed by atoms with Crippen LogP contribution in [0.1, 0.15) is 12.0 Å². The highest BCUT2D eigenvalue weighted by molar-refractivity contribution is 7.90. The lowest BCUT2D eigenvalue weighted by atomic mass is 10.1. The lowest BCUT2D eigenvalue weighted by Gasteiger charge is -2.28. The average Bonchev–Trinajstić information content (AvgIpc) is 2.78. The van der Waals surface area contributed by atoms with Crippen molar-refractivity contribution in [3.63, 3.8) is 0 Å². The third kappa shape index (κ3) is 7.94. The number of morpholine rings is 1. The molecule has 2 aromatic carbocycles. The number of rotatable bonds is 8. The van der Waals surface area contributed by atoms with E-state index in [1.54, 1.807) is 47.4 Å². The third-order valence-electron chi connectivity index (χ3n) is 5.24. The number of hydrogen-bond donors (Lipinski definition) is 3. The van der Waals surface area contributed by atoms with E-state index in [-0.39, 0.29) is 24.7 Å². The summed E-state index contributed by atoms with van der Waals surface area (Å²) >= 11 is 5.84. The van der Waals surface area contributed by atoms with Gasteiger partial charge in [0, 0.05) is 34.9 Å². The lowest BCUT2D eigenvalue weighted by molar-refractivity contribution is -0.125. The number of ether oxygens (including phenoxy) is 1. The van der Waals surface area contributed by atoms with Crippen molar-refractivity contribution in [2.45, 2.75) is 19.4 Å². The largest absolute Gasteiger partial charge is 0.370 e. The molecule has 188 valence electrons. The number of sulfone groups is 1. The van der Waals surface area contributed by atoms with Gasteiger partial charge in [-0.1, -0.05) is 11.6 Å². The fraction of sp³-hybridized carbons (Fsp3) is 0.348. The quantitative estimate of drug-likeness (QED) is 0.488. The molecule has 35 heavy (non-hydrogen) atoms. The SMILES string of the molecule is Cc1cc(NC(=O)C(CCS(C)(=O)=O)NC(=O)Nc2ccc(Cl)cc2)ccc1N1CCOCC1=O. The molecular weight excluding hydrogens is 496 g/mol. The second kappa shape index (κ2) is 11.5. The zero-order chi connectivity index (χ0) is 25.6. The fourth-order valence-corrected chi connectivity index (χ4v) is 4.29. The van der Waals surface area contributed by atoms with Gasteiger partial charge in [-0.15, -0.1) is 0 Å². The van der Waals surface area contributed by atoms with Gasteiger partial charge in [-0.05, 0) is 61.4 Å². The van der Waals surface area contributed by atoms with Crippen molar-refractivity contribution < 1.29 is 27.5 Å². The Kier molecular flexibility index (Phi) is 8.71. The zero-order valence-electron chi connectivity index (χ0n) is 19.3. The van der Waals surface area contributed by atoms with Crippen molar-refractivity contribution in [3.05, 3.63) is 53.1 Å². The lowest BCUT2D eigenvalue weighted by Crippen LogP contribution is -2.46. The highest BCUT2D eigenvalue weighted by atomic mass is 35.5. The molecule has 1 fully saturated rings. The molecule has 0 saturated carbocycles. The number of carbonyl (C=O) groups is 3. The van der Waals surface area contributed by atoms with Crippen molar-refractivity contribution in [3.8, 4) is 0 Å². The van der Waals surface area contributed by atoms with Crippen LogP contribution in [0.4, 0.5) is 21.9 Å². The van der Waals surface area contributed by atoms with E-state index >= 15 is 0 Å². The van der Waals surface area contributed by atoms with Gasteiger partial charge in [-0.3, -0.25) is 9.59 Å². The van der Waals surface area contributed by atoms with Crippen LogP contribution < -0.4 is 20.9 Å². The second-order valence-electron chi connectivity index (χ2n) is 8.16. The number of aryl methyl sites for hydroxylation is 1. The summed E-state index contributed by atoms with van der Waals surface area (Å²) in [5, 5.41) is 8.33. The molecule has 1 saturated heterocycles. The van der Waals surface area contributed by atoms with Crippen LogP contribution in [0.2, 0.25) is 5.02 Å². The number of amides is 4. The van der Waals surface area contributed by atoms with E-state index in [1.807, 2.05) is 6.92 Å². The molecule has 4 amide bonds. The van der Waals surface area contributed by atoms with Gasteiger partial charge >= 0.3 is 6.03 Å². The minimum atomic E-state index is -3.37. The van der Waals surface area contributed by atoms with Crippen LogP contribution in [-0.2, 0) is 24.2 Å². The zero-order valence-corrected chi connectivity index (χ0v) is 20.9. The number of urea groups is 1. The standard InChI is InChI=1S/C23H27ClN4O6S/c1-15-13-18(7-8-20(15)28-10-11-34-14-21(28)29)25-22(30)19(9-12-35(2,32)33)27-23(31)26-17-5-3-16(24)4-6-17/h3-8,13,19H,9-12,14H2,1-2H3,(H,25,30)(H2,26,27,31). The molecule has 0 spiro atoms.